The third-order valence-corrected chi connectivity index (χ3v) is 6.43. The number of fused-ring (bicyclic) bond motifs is 1. The largest absolute Gasteiger partial charge is 0.336 e. The summed E-state index contributed by atoms with van der Waals surface area (Å²) >= 11 is 6.00. The third-order valence-electron chi connectivity index (χ3n) is 6.18. The van der Waals surface area contributed by atoms with E-state index in [4.69, 9.17) is 16.6 Å². The van der Waals surface area contributed by atoms with Gasteiger partial charge >= 0.3 is 0 Å². The van der Waals surface area contributed by atoms with E-state index in [1.165, 1.54) is 5.56 Å². The number of amides is 1. The minimum Gasteiger partial charge on any atom is -0.336 e. The molecule has 0 N–H and O–H groups in total. The van der Waals surface area contributed by atoms with Crippen molar-refractivity contribution in [1.29, 1.82) is 0 Å². The Morgan fingerprint density at radius 1 is 1.03 bits per heavy atom. The van der Waals surface area contributed by atoms with Gasteiger partial charge in [0.25, 0.3) is 5.91 Å². The summed E-state index contributed by atoms with van der Waals surface area (Å²) in [4.78, 5) is 22.7. The van der Waals surface area contributed by atoms with Crippen LogP contribution in [0.15, 0.2) is 67.0 Å². The van der Waals surface area contributed by atoms with Crippen molar-refractivity contribution in [2.24, 2.45) is 0 Å². The van der Waals surface area contributed by atoms with Gasteiger partial charge in [0, 0.05) is 61.4 Å². The monoisotopic (exact) mass is 459 g/mol. The first-order valence-electron chi connectivity index (χ1n) is 11.3. The maximum Gasteiger partial charge on any atom is 0.254 e. The summed E-state index contributed by atoms with van der Waals surface area (Å²) in [7, 11) is 0. The number of hydrogen-bond acceptors (Lipinski definition) is 4. The highest BCUT2D eigenvalue weighted by Gasteiger charge is 2.24. The van der Waals surface area contributed by atoms with Crippen molar-refractivity contribution in [3.8, 4) is 11.3 Å². The van der Waals surface area contributed by atoms with E-state index in [0.717, 1.165) is 53.4 Å². The lowest BCUT2D eigenvalue weighted by Crippen LogP contribution is -2.48. The van der Waals surface area contributed by atoms with E-state index in [0.29, 0.717) is 18.7 Å². The molecule has 0 unspecified atom stereocenters. The van der Waals surface area contributed by atoms with E-state index in [-0.39, 0.29) is 5.91 Å². The molecule has 2 aromatic carbocycles. The molecule has 7 heteroatoms. The van der Waals surface area contributed by atoms with E-state index < -0.39 is 0 Å². The normalized spacial score (nSPS) is 14.7. The lowest BCUT2D eigenvalue weighted by molar-refractivity contribution is 0.0630. The number of carbonyl (C=O) groups excluding carboxylic acids is 1. The lowest BCUT2D eigenvalue weighted by atomic mass is 10.0. The molecule has 6 nitrogen and oxygen atoms in total. The number of aromatic nitrogens is 3. The number of carbonyl (C=O) groups is 1. The smallest absolute Gasteiger partial charge is 0.254 e. The number of nitrogens with zero attached hydrogens (tertiary/aromatic N) is 5. The summed E-state index contributed by atoms with van der Waals surface area (Å²) in [6.07, 6.45) is 3.78. The number of para-hydroxylation sites is 1. The first-order chi connectivity index (χ1) is 16.1. The third kappa shape index (κ3) is 4.63. The van der Waals surface area contributed by atoms with Crippen LogP contribution in [0.25, 0.3) is 22.2 Å². The molecule has 0 aliphatic carbocycles. The zero-order chi connectivity index (χ0) is 22.8. The minimum atomic E-state index is 0.0591. The topological polar surface area (TPSA) is 54.3 Å². The summed E-state index contributed by atoms with van der Waals surface area (Å²) in [5.74, 6) is 0.0591. The molecule has 0 bridgehead atoms. The second-order valence-electron chi connectivity index (χ2n) is 8.35. The Hall–Kier alpha value is -3.22. The molecular weight excluding hydrogens is 434 g/mol. The van der Waals surface area contributed by atoms with Gasteiger partial charge in [-0.05, 0) is 36.8 Å². The fraction of sp³-hybridized carbons (Fsp3) is 0.269. The number of hydrogen-bond donors (Lipinski definition) is 0. The molecule has 0 saturated carbocycles. The molecule has 1 aliphatic heterocycles. The Kier molecular flexibility index (Phi) is 6.11. The molecule has 1 fully saturated rings. The molecule has 2 aromatic heterocycles. The first-order valence-corrected chi connectivity index (χ1v) is 11.7. The summed E-state index contributed by atoms with van der Waals surface area (Å²) in [5.41, 5.74) is 4.45. The van der Waals surface area contributed by atoms with Gasteiger partial charge in [0.05, 0.1) is 23.0 Å². The maximum absolute atomic E-state index is 13.6. The molecule has 1 amide bonds. The number of pyridine rings is 1. The van der Waals surface area contributed by atoms with Crippen LogP contribution in [0.5, 0.6) is 0 Å². The van der Waals surface area contributed by atoms with E-state index in [1.54, 1.807) is 0 Å². The van der Waals surface area contributed by atoms with Gasteiger partial charge in [0.2, 0.25) is 0 Å². The second-order valence-corrected chi connectivity index (χ2v) is 8.79. The van der Waals surface area contributed by atoms with E-state index in [9.17, 15) is 4.79 Å². The molecule has 3 heterocycles. The van der Waals surface area contributed by atoms with E-state index >= 15 is 0 Å². The second kappa shape index (κ2) is 9.33. The molecule has 0 spiro atoms. The van der Waals surface area contributed by atoms with E-state index in [2.05, 4.69) is 22.1 Å². The summed E-state index contributed by atoms with van der Waals surface area (Å²) in [5, 5.41) is 6.01. The number of piperazine rings is 1. The highest BCUT2D eigenvalue weighted by atomic mass is 35.5. The van der Waals surface area contributed by atoms with Gasteiger partial charge in [-0.1, -0.05) is 41.9 Å². The van der Waals surface area contributed by atoms with Crippen LogP contribution in [0.2, 0.25) is 5.02 Å². The highest BCUT2D eigenvalue weighted by Crippen LogP contribution is 2.26. The molecule has 0 radical (unpaired) electrons. The SMILES string of the molecule is CCn1cc(-c2cc(C(=O)N3CCN(Cc4ccc(Cl)cc4)CC3)c3ccccc3n2)cn1. The fourth-order valence-electron chi connectivity index (χ4n) is 4.30. The van der Waals surface area contributed by atoms with Crippen LogP contribution < -0.4 is 0 Å². The van der Waals surface area contributed by atoms with Crippen LogP contribution in [0.3, 0.4) is 0 Å². The molecule has 4 aromatic rings. The van der Waals surface area contributed by atoms with Gasteiger partial charge < -0.3 is 4.90 Å². The molecule has 0 atom stereocenters. The molecule has 5 rings (SSSR count). The van der Waals surface area contributed by atoms with Gasteiger partial charge in [0.15, 0.2) is 0 Å². The van der Waals surface area contributed by atoms with Crippen molar-refractivity contribution in [2.75, 3.05) is 26.2 Å². The van der Waals surface area contributed by atoms with Gasteiger partial charge in [-0.3, -0.25) is 14.4 Å². The summed E-state index contributed by atoms with van der Waals surface area (Å²) in [6.45, 7) is 6.79. The quantitative estimate of drug-likeness (QED) is 0.433. The minimum absolute atomic E-state index is 0.0591. The van der Waals surface area contributed by atoms with Gasteiger partial charge in [-0.25, -0.2) is 4.98 Å². The average molecular weight is 460 g/mol. The van der Waals surface area contributed by atoms with Gasteiger partial charge in [0.1, 0.15) is 0 Å². The molecule has 168 valence electrons. The number of halogens is 1. The predicted octanol–water partition coefficient (Wildman–Crippen LogP) is 4.73. The van der Waals surface area contributed by atoms with Crippen molar-refractivity contribution in [2.45, 2.75) is 20.0 Å². The number of aryl methyl sites for hydroxylation is 1. The Morgan fingerprint density at radius 3 is 2.52 bits per heavy atom. The predicted molar refractivity (Wildman–Crippen MR) is 131 cm³/mol. The summed E-state index contributed by atoms with van der Waals surface area (Å²) in [6, 6.07) is 17.7. The lowest BCUT2D eigenvalue weighted by Gasteiger charge is -2.35. The van der Waals surface area contributed by atoms with Gasteiger partial charge in [-0.2, -0.15) is 5.10 Å². The molecule has 33 heavy (non-hydrogen) atoms. The van der Waals surface area contributed by atoms with Crippen molar-refractivity contribution in [3.05, 3.63) is 83.1 Å². The van der Waals surface area contributed by atoms with Crippen LogP contribution in [0, 0.1) is 0 Å². The Bertz CT molecular complexity index is 1280. The van der Waals surface area contributed by atoms with Crippen LogP contribution in [-0.2, 0) is 13.1 Å². The van der Waals surface area contributed by atoms with Crippen LogP contribution in [0.4, 0.5) is 0 Å². The summed E-state index contributed by atoms with van der Waals surface area (Å²) < 4.78 is 1.87. The first kappa shape index (κ1) is 21.6. The fourth-order valence-corrected chi connectivity index (χ4v) is 4.42. The van der Waals surface area contributed by atoms with Crippen molar-refractivity contribution in [1.82, 2.24) is 24.6 Å². The van der Waals surface area contributed by atoms with Gasteiger partial charge in [-0.15, -0.1) is 0 Å². The van der Waals surface area contributed by atoms with Crippen molar-refractivity contribution in [3.63, 3.8) is 0 Å². The molecular formula is C26H26ClN5O. The number of benzene rings is 2. The molecule has 1 aliphatic rings. The van der Waals surface area contributed by atoms with E-state index in [1.807, 2.05) is 71.4 Å². The Labute approximate surface area is 198 Å². The van der Waals surface area contributed by atoms with Crippen LogP contribution in [0.1, 0.15) is 22.8 Å². The van der Waals surface area contributed by atoms with Crippen LogP contribution >= 0.6 is 11.6 Å². The molecule has 1 saturated heterocycles. The zero-order valence-electron chi connectivity index (χ0n) is 18.6. The standard InChI is InChI=1S/C26H26ClN5O/c1-2-32-18-20(16-28-32)25-15-23(22-5-3-4-6-24(22)29-25)26(33)31-13-11-30(12-14-31)17-19-7-9-21(27)10-8-19/h3-10,15-16,18H,2,11-14,17H2,1H3. The highest BCUT2D eigenvalue weighted by molar-refractivity contribution is 6.30. The Morgan fingerprint density at radius 2 is 1.79 bits per heavy atom. The van der Waals surface area contributed by atoms with Crippen molar-refractivity contribution < 1.29 is 4.79 Å². The maximum atomic E-state index is 13.6. The van der Waals surface area contributed by atoms with Crippen LogP contribution in [-0.4, -0.2) is 56.7 Å². The zero-order valence-corrected chi connectivity index (χ0v) is 19.4. The average Bonchev–Trinajstić information content (AvgIpc) is 3.34. The number of rotatable bonds is 5. The Balaban J connectivity index is 1.36. The van der Waals surface area contributed by atoms with Crippen molar-refractivity contribution >= 4 is 28.4 Å².